The van der Waals surface area contributed by atoms with E-state index >= 15 is 0 Å². The third kappa shape index (κ3) is 1.89. The molecule has 3 heteroatoms. The van der Waals surface area contributed by atoms with Crippen LogP contribution >= 0.6 is 0 Å². The zero-order valence-electron chi connectivity index (χ0n) is 8.04. The van der Waals surface area contributed by atoms with Crippen LogP contribution in [0.3, 0.4) is 0 Å². The number of rotatable bonds is 1. The van der Waals surface area contributed by atoms with Crippen molar-refractivity contribution < 1.29 is 9.59 Å². The Morgan fingerprint density at radius 1 is 1.47 bits per heavy atom. The van der Waals surface area contributed by atoms with Crippen LogP contribution in [0.15, 0.2) is 18.2 Å². The van der Waals surface area contributed by atoms with Gasteiger partial charge in [-0.3, -0.25) is 4.79 Å². The number of carbonyl (C=O) groups is 2. The Hall–Kier alpha value is -2.08. The van der Waals surface area contributed by atoms with Crippen molar-refractivity contribution in [3.05, 3.63) is 34.9 Å². The second-order valence-corrected chi connectivity index (χ2v) is 3.23. The van der Waals surface area contributed by atoms with Gasteiger partial charge in [0.25, 0.3) is 5.91 Å². The van der Waals surface area contributed by atoms with E-state index in [0.29, 0.717) is 12.1 Å². The summed E-state index contributed by atoms with van der Waals surface area (Å²) in [6, 6.07) is 5.50. The molecular formula is C12H9NO2. The summed E-state index contributed by atoms with van der Waals surface area (Å²) in [5, 5.41) is 2.74. The van der Waals surface area contributed by atoms with Gasteiger partial charge in [0.2, 0.25) is 0 Å². The number of nitrogens with one attached hydrogen (secondary N) is 1. The van der Waals surface area contributed by atoms with Crippen molar-refractivity contribution in [2.45, 2.75) is 13.0 Å². The van der Waals surface area contributed by atoms with Crippen molar-refractivity contribution >= 4 is 12.2 Å². The van der Waals surface area contributed by atoms with E-state index in [-0.39, 0.29) is 12.3 Å². The molecule has 0 spiro atoms. The van der Waals surface area contributed by atoms with Crippen molar-refractivity contribution in [1.82, 2.24) is 5.32 Å². The zero-order valence-corrected chi connectivity index (χ0v) is 8.04. The van der Waals surface area contributed by atoms with Gasteiger partial charge in [0.05, 0.1) is 6.42 Å². The molecule has 0 radical (unpaired) electrons. The molecule has 1 aliphatic rings. The molecule has 1 aromatic rings. The number of carbonyl (C=O) groups excluding carboxylic acids is 2. The summed E-state index contributed by atoms with van der Waals surface area (Å²) in [7, 11) is 0. The van der Waals surface area contributed by atoms with Gasteiger partial charge in [0.15, 0.2) is 0 Å². The molecule has 1 N–H and O–H groups in total. The maximum Gasteiger partial charge on any atom is 0.251 e. The fourth-order valence-electron chi connectivity index (χ4n) is 1.49. The third-order valence-electron chi connectivity index (χ3n) is 2.21. The first kappa shape index (κ1) is 9.47. The van der Waals surface area contributed by atoms with E-state index in [2.05, 4.69) is 17.2 Å². The summed E-state index contributed by atoms with van der Waals surface area (Å²) in [5.41, 5.74) is 2.46. The van der Waals surface area contributed by atoms with Gasteiger partial charge in [-0.15, -0.1) is 0 Å². The number of fused-ring (bicyclic) bond motifs is 1. The second-order valence-electron chi connectivity index (χ2n) is 3.23. The molecule has 0 saturated carbocycles. The Kier molecular flexibility index (Phi) is 2.51. The molecule has 0 fully saturated rings. The van der Waals surface area contributed by atoms with Crippen molar-refractivity contribution in [3.63, 3.8) is 0 Å². The monoisotopic (exact) mass is 199 g/mol. The molecule has 15 heavy (non-hydrogen) atoms. The minimum Gasteiger partial charge on any atom is -0.348 e. The Morgan fingerprint density at radius 2 is 2.33 bits per heavy atom. The molecule has 1 aliphatic heterocycles. The van der Waals surface area contributed by atoms with Gasteiger partial charge < -0.3 is 10.1 Å². The van der Waals surface area contributed by atoms with Crippen molar-refractivity contribution in [1.29, 1.82) is 0 Å². The highest BCUT2D eigenvalue weighted by atomic mass is 16.1. The van der Waals surface area contributed by atoms with Crippen LogP contribution in [0.5, 0.6) is 0 Å². The van der Waals surface area contributed by atoms with E-state index in [1.807, 2.05) is 12.1 Å². The van der Waals surface area contributed by atoms with Gasteiger partial charge in [-0.25, -0.2) is 0 Å². The van der Waals surface area contributed by atoms with Gasteiger partial charge in [-0.05, 0) is 17.7 Å². The predicted octanol–water partition coefficient (Wildman–Crippen LogP) is 0.871. The van der Waals surface area contributed by atoms with Crippen molar-refractivity contribution in [2.24, 2.45) is 0 Å². The highest BCUT2D eigenvalue weighted by molar-refractivity contribution is 5.98. The predicted molar refractivity (Wildman–Crippen MR) is 55.2 cm³/mol. The van der Waals surface area contributed by atoms with Crippen LogP contribution in [0, 0.1) is 11.8 Å². The lowest BCUT2D eigenvalue weighted by molar-refractivity contribution is -0.107. The zero-order chi connectivity index (χ0) is 10.7. The summed E-state index contributed by atoms with van der Waals surface area (Å²) in [5.74, 6) is 5.49. The number of hydrogen-bond acceptors (Lipinski definition) is 2. The molecular weight excluding hydrogens is 190 g/mol. The van der Waals surface area contributed by atoms with Crippen molar-refractivity contribution in [3.8, 4) is 11.8 Å². The maximum absolute atomic E-state index is 11.3. The average molecular weight is 199 g/mol. The highest BCUT2D eigenvalue weighted by Gasteiger charge is 2.17. The second kappa shape index (κ2) is 3.97. The van der Waals surface area contributed by atoms with Crippen LogP contribution in [0.1, 0.15) is 27.9 Å². The molecule has 0 unspecified atom stereocenters. The van der Waals surface area contributed by atoms with Crippen molar-refractivity contribution in [2.75, 3.05) is 0 Å². The Morgan fingerprint density at radius 3 is 3.13 bits per heavy atom. The number of amides is 1. The number of hydrogen-bond donors (Lipinski definition) is 1. The molecule has 0 atom stereocenters. The molecule has 0 aromatic heterocycles. The molecule has 3 nitrogen and oxygen atoms in total. The van der Waals surface area contributed by atoms with E-state index in [9.17, 15) is 9.59 Å². The lowest BCUT2D eigenvalue weighted by Crippen LogP contribution is -2.12. The Labute approximate surface area is 87.5 Å². The fraction of sp³-hybridized carbons (Fsp3) is 0.167. The lowest BCUT2D eigenvalue weighted by atomic mass is 10.1. The number of aldehydes is 1. The summed E-state index contributed by atoms with van der Waals surface area (Å²) >= 11 is 0. The Bertz CT molecular complexity index is 480. The first-order chi connectivity index (χ1) is 7.31. The summed E-state index contributed by atoms with van der Waals surface area (Å²) < 4.78 is 0. The van der Waals surface area contributed by atoms with Crippen LogP contribution in [0.2, 0.25) is 0 Å². The molecule has 74 valence electrons. The van der Waals surface area contributed by atoms with Gasteiger partial charge in [0.1, 0.15) is 6.29 Å². The maximum atomic E-state index is 11.3. The quantitative estimate of drug-likeness (QED) is 0.539. The van der Waals surface area contributed by atoms with E-state index in [0.717, 1.165) is 17.4 Å². The van der Waals surface area contributed by atoms with E-state index < -0.39 is 0 Å². The van der Waals surface area contributed by atoms with Crippen LogP contribution in [-0.4, -0.2) is 12.2 Å². The van der Waals surface area contributed by atoms with Gasteiger partial charge in [0, 0.05) is 17.7 Å². The molecule has 1 amide bonds. The molecule has 0 bridgehead atoms. The molecule has 0 saturated heterocycles. The fourth-order valence-corrected chi connectivity index (χ4v) is 1.49. The summed E-state index contributed by atoms with van der Waals surface area (Å²) in [6.07, 6.45) is 0.982. The molecule has 1 aromatic carbocycles. The minimum atomic E-state index is -0.0518. The van der Waals surface area contributed by atoms with Gasteiger partial charge in [-0.2, -0.15) is 0 Å². The minimum absolute atomic E-state index is 0.0518. The van der Waals surface area contributed by atoms with Gasteiger partial charge >= 0.3 is 0 Å². The third-order valence-corrected chi connectivity index (χ3v) is 2.21. The SMILES string of the molecule is O=CCC#Cc1ccc2c(c1)C(=O)NC2. The van der Waals surface area contributed by atoms with E-state index in [1.165, 1.54) is 0 Å². The normalized spacial score (nSPS) is 12.4. The lowest BCUT2D eigenvalue weighted by Gasteiger charge is -1.95. The molecule has 1 heterocycles. The van der Waals surface area contributed by atoms with E-state index in [4.69, 9.17) is 0 Å². The summed E-state index contributed by atoms with van der Waals surface area (Å²) in [6.45, 7) is 0.593. The van der Waals surface area contributed by atoms with Crippen LogP contribution in [-0.2, 0) is 11.3 Å². The van der Waals surface area contributed by atoms with Crippen LogP contribution in [0.25, 0.3) is 0 Å². The first-order valence-corrected chi connectivity index (χ1v) is 4.65. The Balaban J connectivity index is 2.30. The largest absolute Gasteiger partial charge is 0.348 e. The highest BCUT2D eigenvalue weighted by Crippen LogP contribution is 2.16. The van der Waals surface area contributed by atoms with Crippen LogP contribution in [0.4, 0.5) is 0 Å². The van der Waals surface area contributed by atoms with E-state index in [1.54, 1.807) is 6.07 Å². The topological polar surface area (TPSA) is 46.2 Å². The van der Waals surface area contributed by atoms with Crippen LogP contribution < -0.4 is 5.32 Å². The molecule has 2 rings (SSSR count). The first-order valence-electron chi connectivity index (χ1n) is 4.65. The summed E-state index contributed by atoms with van der Waals surface area (Å²) in [4.78, 5) is 21.4. The number of benzene rings is 1. The molecule has 0 aliphatic carbocycles. The van der Waals surface area contributed by atoms with Gasteiger partial charge in [-0.1, -0.05) is 17.9 Å². The standard InChI is InChI=1S/C12H9NO2/c14-6-2-1-3-9-4-5-10-8-13-12(15)11(10)7-9/h4-7H,2,8H2,(H,13,15). The smallest absolute Gasteiger partial charge is 0.251 e. The average Bonchev–Trinajstić information content (AvgIpc) is 2.61.